The molecule has 7 heteroatoms. The van der Waals surface area contributed by atoms with E-state index in [0.29, 0.717) is 17.9 Å². The van der Waals surface area contributed by atoms with Gasteiger partial charge in [-0.25, -0.2) is 5.43 Å². The molecule has 2 N–H and O–H groups in total. The molecule has 140 valence electrons. The zero-order chi connectivity index (χ0) is 19.6. The molecule has 0 unspecified atom stereocenters. The van der Waals surface area contributed by atoms with E-state index in [1.165, 1.54) is 6.21 Å². The predicted octanol–water partition coefficient (Wildman–Crippen LogP) is 3.20. The Hall–Kier alpha value is -2.93. The van der Waals surface area contributed by atoms with Gasteiger partial charge in [-0.15, -0.1) is 0 Å². The number of carbonyl (C=O) groups is 2. The van der Waals surface area contributed by atoms with Crippen LogP contribution < -0.4 is 15.5 Å². The minimum absolute atomic E-state index is 0.173. The number of nitrogens with zero attached hydrogens (tertiary/aromatic N) is 1. The highest BCUT2D eigenvalue weighted by Gasteiger charge is 2.07. The molecule has 0 radical (unpaired) electrons. The highest BCUT2D eigenvalue weighted by atomic mass is 79.9. The van der Waals surface area contributed by atoms with E-state index in [1.807, 2.05) is 25.1 Å². The molecule has 0 aliphatic rings. The van der Waals surface area contributed by atoms with E-state index in [-0.39, 0.29) is 12.5 Å². The summed E-state index contributed by atoms with van der Waals surface area (Å²) in [6, 6.07) is 12.5. The zero-order valence-electron chi connectivity index (χ0n) is 14.9. The Bertz CT molecular complexity index is 865. The SMILES string of the molecule is C=CCOc1ccc(Br)c(/C=N/NC(=O)CNC(=O)c2cccc(C)c2)c1. The van der Waals surface area contributed by atoms with Crippen LogP contribution in [0.2, 0.25) is 0 Å². The van der Waals surface area contributed by atoms with Crippen molar-refractivity contribution in [3.05, 3.63) is 76.3 Å². The maximum atomic E-state index is 12.0. The number of benzene rings is 2. The number of nitrogens with one attached hydrogen (secondary N) is 2. The van der Waals surface area contributed by atoms with Crippen molar-refractivity contribution in [2.45, 2.75) is 6.92 Å². The van der Waals surface area contributed by atoms with Gasteiger partial charge < -0.3 is 10.1 Å². The van der Waals surface area contributed by atoms with E-state index < -0.39 is 5.91 Å². The third-order valence-corrected chi connectivity index (χ3v) is 4.14. The monoisotopic (exact) mass is 429 g/mol. The molecule has 2 rings (SSSR count). The van der Waals surface area contributed by atoms with Crippen molar-refractivity contribution in [2.24, 2.45) is 5.10 Å². The van der Waals surface area contributed by atoms with Gasteiger partial charge in [-0.2, -0.15) is 5.10 Å². The molecule has 27 heavy (non-hydrogen) atoms. The Labute approximate surface area is 166 Å². The number of carbonyl (C=O) groups excluding carboxylic acids is 2. The van der Waals surface area contributed by atoms with Gasteiger partial charge in [0, 0.05) is 15.6 Å². The first kappa shape index (κ1) is 20.4. The summed E-state index contributed by atoms with van der Waals surface area (Å²) in [5.74, 6) is -0.0774. The van der Waals surface area contributed by atoms with Gasteiger partial charge in [0.05, 0.1) is 12.8 Å². The van der Waals surface area contributed by atoms with Crippen molar-refractivity contribution in [2.75, 3.05) is 13.2 Å². The predicted molar refractivity (Wildman–Crippen MR) is 109 cm³/mol. The minimum atomic E-state index is -0.428. The van der Waals surface area contributed by atoms with Gasteiger partial charge in [-0.1, -0.05) is 46.3 Å². The molecule has 6 nitrogen and oxygen atoms in total. The van der Waals surface area contributed by atoms with E-state index in [0.717, 1.165) is 15.6 Å². The second-order valence-corrected chi connectivity index (χ2v) is 6.48. The van der Waals surface area contributed by atoms with Crippen LogP contribution in [0.25, 0.3) is 0 Å². The van der Waals surface area contributed by atoms with E-state index in [1.54, 1.807) is 30.3 Å². The van der Waals surface area contributed by atoms with Crippen LogP contribution in [-0.4, -0.2) is 31.2 Å². The highest BCUT2D eigenvalue weighted by Crippen LogP contribution is 2.21. The van der Waals surface area contributed by atoms with Crippen LogP contribution in [0.5, 0.6) is 5.75 Å². The summed E-state index contributed by atoms with van der Waals surface area (Å²) < 4.78 is 6.26. The molecule has 0 aliphatic carbocycles. The molecule has 0 atom stereocenters. The van der Waals surface area contributed by atoms with Gasteiger partial charge in [0.1, 0.15) is 12.4 Å². The highest BCUT2D eigenvalue weighted by molar-refractivity contribution is 9.10. The number of hydrogen-bond acceptors (Lipinski definition) is 4. The molecule has 0 saturated carbocycles. The van der Waals surface area contributed by atoms with Crippen molar-refractivity contribution in [3.63, 3.8) is 0 Å². The zero-order valence-corrected chi connectivity index (χ0v) is 16.5. The number of rotatable bonds is 8. The summed E-state index contributed by atoms with van der Waals surface area (Å²) >= 11 is 3.41. The summed E-state index contributed by atoms with van der Waals surface area (Å²) in [5.41, 5.74) is 4.59. The summed E-state index contributed by atoms with van der Waals surface area (Å²) in [6.07, 6.45) is 3.15. The topological polar surface area (TPSA) is 79.8 Å². The summed E-state index contributed by atoms with van der Waals surface area (Å²) in [7, 11) is 0. The van der Waals surface area contributed by atoms with Crippen molar-refractivity contribution in [3.8, 4) is 5.75 Å². The summed E-state index contributed by atoms with van der Waals surface area (Å²) in [5, 5.41) is 6.46. The first-order valence-corrected chi connectivity index (χ1v) is 8.99. The quantitative estimate of drug-likeness (QED) is 0.384. The lowest BCUT2D eigenvalue weighted by Gasteiger charge is -2.06. The third-order valence-electron chi connectivity index (χ3n) is 3.42. The number of ether oxygens (including phenoxy) is 1. The average Bonchev–Trinajstić information content (AvgIpc) is 2.66. The molecular weight excluding hydrogens is 410 g/mol. The lowest BCUT2D eigenvalue weighted by atomic mass is 10.1. The van der Waals surface area contributed by atoms with Crippen LogP contribution in [0.1, 0.15) is 21.5 Å². The van der Waals surface area contributed by atoms with Gasteiger partial charge in [-0.3, -0.25) is 9.59 Å². The van der Waals surface area contributed by atoms with Crippen LogP contribution in [0.15, 0.2) is 64.7 Å². The normalized spacial score (nSPS) is 10.4. The van der Waals surface area contributed by atoms with Gasteiger partial charge in [-0.05, 0) is 37.3 Å². The third kappa shape index (κ3) is 6.71. The molecule has 0 heterocycles. The molecule has 0 aliphatic heterocycles. The fourth-order valence-electron chi connectivity index (χ4n) is 2.13. The summed E-state index contributed by atoms with van der Waals surface area (Å²) in [6.45, 7) is 5.72. The largest absolute Gasteiger partial charge is 0.490 e. The number of hydrogen-bond donors (Lipinski definition) is 2. The maximum Gasteiger partial charge on any atom is 0.259 e. The van der Waals surface area contributed by atoms with Gasteiger partial charge in [0.25, 0.3) is 11.8 Å². The van der Waals surface area contributed by atoms with Gasteiger partial charge >= 0.3 is 0 Å². The average molecular weight is 430 g/mol. The lowest BCUT2D eigenvalue weighted by Crippen LogP contribution is -2.34. The molecule has 0 saturated heterocycles. The Morgan fingerprint density at radius 3 is 2.81 bits per heavy atom. The van der Waals surface area contributed by atoms with Gasteiger partial charge in [0.2, 0.25) is 0 Å². The Balaban J connectivity index is 1.86. The van der Waals surface area contributed by atoms with Crippen LogP contribution in [-0.2, 0) is 4.79 Å². The van der Waals surface area contributed by atoms with E-state index in [4.69, 9.17) is 4.74 Å². The van der Waals surface area contributed by atoms with Gasteiger partial charge in [0.15, 0.2) is 0 Å². The molecule has 2 aromatic rings. The Kier molecular flexibility index (Phi) is 7.76. The molecule has 0 bridgehead atoms. The summed E-state index contributed by atoms with van der Waals surface area (Å²) in [4.78, 5) is 23.9. The fourth-order valence-corrected chi connectivity index (χ4v) is 2.48. The molecule has 2 aromatic carbocycles. The van der Waals surface area contributed by atoms with Crippen molar-refractivity contribution in [1.29, 1.82) is 0 Å². The molecular formula is C20H20BrN3O3. The first-order chi connectivity index (χ1) is 13.0. The van der Waals surface area contributed by atoms with Crippen molar-refractivity contribution >= 4 is 34.0 Å². The van der Waals surface area contributed by atoms with Crippen LogP contribution >= 0.6 is 15.9 Å². The second-order valence-electron chi connectivity index (χ2n) is 5.63. The number of hydrazone groups is 1. The standard InChI is InChI=1S/C20H20BrN3O3/c1-3-9-27-17-7-8-18(21)16(11-17)12-23-24-19(25)13-22-20(26)15-6-4-5-14(2)10-15/h3-8,10-12H,1,9,13H2,2H3,(H,22,26)(H,24,25)/b23-12+. The van der Waals surface area contributed by atoms with Crippen LogP contribution in [0, 0.1) is 6.92 Å². The molecule has 0 fully saturated rings. The van der Waals surface area contributed by atoms with E-state index in [9.17, 15) is 9.59 Å². The van der Waals surface area contributed by atoms with E-state index in [2.05, 4.69) is 38.4 Å². The van der Waals surface area contributed by atoms with Crippen molar-refractivity contribution in [1.82, 2.24) is 10.7 Å². The molecule has 0 aromatic heterocycles. The molecule has 2 amide bonds. The minimum Gasteiger partial charge on any atom is -0.490 e. The number of amides is 2. The number of aryl methyl sites for hydroxylation is 1. The fraction of sp³-hybridized carbons (Fsp3) is 0.150. The first-order valence-electron chi connectivity index (χ1n) is 8.19. The van der Waals surface area contributed by atoms with Crippen LogP contribution in [0.4, 0.5) is 0 Å². The lowest BCUT2D eigenvalue weighted by molar-refractivity contribution is -0.120. The maximum absolute atomic E-state index is 12.0. The Morgan fingerprint density at radius 2 is 2.07 bits per heavy atom. The number of halogens is 1. The van der Waals surface area contributed by atoms with E-state index >= 15 is 0 Å². The Morgan fingerprint density at radius 1 is 1.26 bits per heavy atom. The smallest absolute Gasteiger partial charge is 0.259 e. The second kappa shape index (κ2) is 10.3. The van der Waals surface area contributed by atoms with Crippen LogP contribution in [0.3, 0.4) is 0 Å². The molecule has 0 spiro atoms. The van der Waals surface area contributed by atoms with Crippen molar-refractivity contribution < 1.29 is 14.3 Å².